The molecule has 2 aromatic heterocycles. The van der Waals surface area contributed by atoms with Crippen LogP contribution in [0.15, 0.2) is 16.5 Å². The molecule has 1 N–H and O–H groups in total. The quantitative estimate of drug-likeness (QED) is 0.587. The van der Waals surface area contributed by atoms with Crippen molar-refractivity contribution in [3.8, 4) is 11.5 Å². The normalized spacial score (nSPS) is 16.2. The first-order valence-corrected chi connectivity index (χ1v) is 11.7. The molecule has 0 bridgehead atoms. The van der Waals surface area contributed by atoms with Gasteiger partial charge in [0.05, 0.1) is 29.2 Å². The number of carbonyl (C=O) groups is 1. The Labute approximate surface area is 178 Å². The van der Waals surface area contributed by atoms with Gasteiger partial charge in [-0.2, -0.15) is 0 Å². The molecule has 4 heterocycles. The van der Waals surface area contributed by atoms with Gasteiger partial charge in [-0.25, -0.2) is 4.98 Å². The van der Waals surface area contributed by atoms with E-state index >= 15 is 0 Å². The van der Waals surface area contributed by atoms with E-state index < -0.39 is 0 Å². The molecule has 0 unspecified atom stereocenters. The standard InChI is InChI=1S/C17H17N5O4S3/c23-14(9-27-17-21-20-16(29-17)22-1-3-24-4-2-22)19-15-18-10-7-11-12(8-13(10)28-15)26-6-5-25-11/h7-8H,1-6,9H2,(H,18,19,23). The zero-order chi connectivity index (χ0) is 19.6. The number of hydrogen-bond donors (Lipinski definition) is 1. The Balaban J connectivity index is 1.19. The lowest BCUT2D eigenvalue weighted by atomic mass is 10.3. The minimum atomic E-state index is -0.130. The van der Waals surface area contributed by atoms with Crippen molar-refractivity contribution >= 4 is 60.8 Å². The van der Waals surface area contributed by atoms with E-state index in [0.29, 0.717) is 43.1 Å². The molecule has 0 saturated carbocycles. The Morgan fingerprint density at radius 3 is 2.72 bits per heavy atom. The Morgan fingerprint density at radius 1 is 1.10 bits per heavy atom. The molecule has 1 saturated heterocycles. The summed E-state index contributed by atoms with van der Waals surface area (Å²) in [6, 6.07) is 3.75. The molecule has 0 spiro atoms. The summed E-state index contributed by atoms with van der Waals surface area (Å²) in [5, 5.41) is 12.7. The number of nitrogens with zero attached hydrogens (tertiary/aromatic N) is 4. The fraction of sp³-hybridized carbons (Fsp3) is 0.412. The smallest absolute Gasteiger partial charge is 0.236 e. The second-order valence-corrected chi connectivity index (χ2v) is 9.48. The first-order valence-electron chi connectivity index (χ1n) is 9.04. The number of hydrogen-bond acceptors (Lipinski definition) is 11. The third-order valence-electron chi connectivity index (χ3n) is 4.30. The monoisotopic (exact) mass is 451 g/mol. The van der Waals surface area contributed by atoms with E-state index in [1.807, 2.05) is 12.1 Å². The number of amides is 1. The van der Waals surface area contributed by atoms with Gasteiger partial charge in [0.2, 0.25) is 11.0 Å². The van der Waals surface area contributed by atoms with E-state index in [1.54, 1.807) is 0 Å². The molecular formula is C17H17N5O4S3. The first kappa shape index (κ1) is 18.9. The number of benzene rings is 1. The fourth-order valence-electron chi connectivity index (χ4n) is 2.94. The molecule has 12 heteroatoms. The number of aromatic nitrogens is 3. The molecule has 29 heavy (non-hydrogen) atoms. The van der Waals surface area contributed by atoms with Crippen molar-refractivity contribution in [3.63, 3.8) is 0 Å². The topological polar surface area (TPSA) is 98.7 Å². The average Bonchev–Trinajstić information content (AvgIpc) is 3.37. The van der Waals surface area contributed by atoms with Gasteiger partial charge in [-0.3, -0.25) is 4.79 Å². The van der Waals surface area contributed by atoms with Crippen LogP contribution in [0.4, 0.5) is 10.3 Å². The Hall–Kier alpha value is -2.15. The number of ether oxygens (including phenoxy) is 3. The largest absolute Gasteiger partial charge is 0.486 e. The highest BCUT2D eigenvalue weighted by atomic mass is 32.2. The Bertz CT molecular complexity index is 990. The van der Waals surface area contributed by atoms with Crippen LogP contribution < -0.4 is 19.7 Å². The van der Waals surface area contributed by atoms with Crippen molar-refractivity contribution in [3.05, 3.63) is 12.1 Å². The molecule has 1 aromatic carbocycles. The molecule has 5 rings (SSSR count). The van der Waals surface area contributed by atoms with Gasteiger partial charge in [0.15, 0.2) is 21.0 Å². The van der Waals surface area contributed by atoms with Crippen LogP contribution in [0.2, 0.25) is 0 Å². The van der Waals surface area contributed by atoms with Crippen molar-refractivity contribution in [2.75, 3.05) is 55.5 Å². The van der Waals surface area contributed by atoms with E-state index in [9.17, 15) is 4.79 Å². The van der Waals surface area contributed by atoms with Gasteiger partial charge in [0, 0.05) is 25.2 Å². The number of thioether (sulfide) groups is 1. The minimum Gasteiger partial charge on any atom is -0.486 e. The molecule has 1 fully saturated rings. The zero-order valence-corrected chi connectivity index (χ0v) is 17.7. The summed E-state index contributed by atoms with van der Waals surface area (Å²) in [4.78, 5) is 19.0. The van der Waals surface area contributed by atoms with Gasteiger partial charge >= 0.3 is 0 Å². The third kappa shape index (κ3) is 4.25. The van der Waals surface area contributed by atoms with Gasteiger partial charge in [-0.15, -0.1) is 10.2 Å². The van der Waals surface area contributed by atoms with Gasteiger partial charge in [0.25, 0.3) is 0 Å². The number of thiazole rings is 1. The second kappa shape index (κ2) is 8.30. The number of anilines is 2. The summed E-state index contributed by atoms with van der Waals surface area (Å²) >= 11 is 4.28. The van der Waals surface area contributed by atoms with Crippen LogP contribution in [0.25, 0.3) is 10.2 Å². The molecule has 2 aliphatic rings. The molecule has 0 radical (unpaired) electrons. The minimum absolute atomic E-state index is 0.130. The van der Waals surface area contributed by atoms with Crippen LogP contribution in [0.3, 0.4) is 0 Å². The molecule has 1 amide bonds. The Kier molecular flexibility index (Phi) is 5.40. The molecule has 9 nitrogen and oxygen atoms in total. The first-order chi connectivity index (χ1) is 14.2. The summed E-state index contributed by atoms with van der Waals surface area (Å²) in [6.07, 6.45) is 0. The predicted molar refractivity (Wildman–Crippen MR) is 113 cm³/mol. The SMILES string of the molecule is O=C(CSc1nnc(N2CCOCC2)s1)Nc1nc2cc3c(cc2s1)OCCO3. The third-order valence-corrected chi connectivity index (χ3v) is 7.35. The van der Waals surface area contributed by atoms with Gasteiger partial charge in [-0.1, -0.05) is 34.4 Å². The van der Waals surface area contributed by atoms with E-state index in [2.05, 4.69) is 25.4 Å². The lowest BCUT2D eigenvalue weighted by Crippen LogP contribution is -2.36. The van der Waals surface area contributed by atoms with Crippen LogP contribution in [0.1, 0.15) is 0 Å². The van der Waals surface area contributed by atoms with Crippen LogP contribution >= 0.6 is 34.4 Å². The van der Waals surface area contributed by atoms with Gasteiger partial charge in [-0.05, 0) is 0 Å². The summed E-state index contributed by atoms with van der Waals surface area (Å²) < 4.78 is 18.2. The van der Waals surface area contributed by atoms with Crippen molar-refractivity contribution in [1.29, 1.82) is 0 Å². The van der Waals surface area contributed by atoms with E-state index in [-0.39, 0.29) is 11.7 Å². The van der Waals surface area contributed by atoms with Crippen molar-refractivity contribution in [2.45, 2.75) is 4.34 Å². The maximum atomic E-state index is 12.3. The number of nitrogens with one attached hydrogen (secondary N) is 1. The summed E-state index contributed by atoms with van der Waals surface area (Å²) in [5.41, 5.74) is 0.779. The number of morpholine rings is 1. The van der Waals surface area contributed by atoms with E-state index in [1.165, 1.54) is 34.4 Å². The molecule has 3 aromatic rings. The number of fused-ring (bicyclic) bond motifs is 2. The summed E-state index contributed by atoms with van der Waals surface area (Å²) in [5.74, 6) is 1.52. The molecule has 0 aliphatic carbocycles. The van der Waals surface area contributed by atoms with E-state index in [0.717, 1.165) is 32.8 Å². The maximum Gasteiger partial charge on any atom is 0.236 e. The number of rotatable bonds is 5. The van der Waals surface area contributed by atoms with Gasteiger partial charge in [0.1, 0.15) is 13.2 Å². The fourth-order valence-corrected chi connectivity index (χ4v) is 5.53. The van der Waals surface area contributed by atoms with Crippen LogP contribution in [0.5, 0.6) is 11.5 Å². The van der Waals surface area contributed by atoms with Gasteiger partial charge < -0.3 is 24.4 Å². The highest BCUT2D eigenvalue weighted by Crippen LogP contribution is 2.38. The zero-order valence-electron chi connectivity index (χ0n) is 15.3. The highest BCUT2D eigenvalue weighted by Gasteiger charge is 2.18. The lowest BCUT2D eigenvalue weighted by molar-refractivity contribution is -0.113. The maximum absolute atomic E-state index is 12.3. The Morgan fingerprint density at radius 2 is 1.90 bits per heavy atom. The van der Waals surface area contributed by atoms with Crippen molar-refractivity contribution in [2.24, 2.45) is 0 Å². The predicted octanol–water partition coefficient (Wildman–Crippen LogP) is 2.49. The summed E-state index contributed by atoms with van der Waals surface area (Å²) in [6.45, 7) is 4.11. The van der Waals surface area contributed by atoms with Crippen LogP contribution in [0, 0.1) is 0 Å². The highest BCUT2D eigenvalue weighted by molar-refractivity contribution is 8.01. The molecular weight excluding hydrogens is 434 g/mol. The number of carbonyl (C=O) groups excluding carboxylic acids is 1. The average molecular weight is 452 g/mol. The van der Waals surface area contributed by atoms with Crippen molar-refractivity contribution < 1.29 is 19.0 Å². The van der Waals surface area contributed by atoms with Crippen LogP contribution in [-0.2, 0) is 9.53 Å². The van der Waals surface area contributed by atoms with Crippen molar-refractivity contribution in [1.82, 2.24) is 15.2 Å². The lowest BCUT2D eigenvalue weighted by Gasteiger charge is -2.25. The molecule has 2 aliphatic heterocycles. The molecule has 152 valence electrons. The summed E-state index contributed by atoms with van der Waals surface area (Å²) in [7, 11) is 0. The second-order valence-electron chi connectivity index (χ2n) is 6.27. The molecule has 0 atom stereocenters. The van der Waals surface area contributed by atoms with E-state index in [4.69, 9.17) is 14.2 Å². The van der Waals surface area contributed by atoms with Crippen LogP contribution in [-0.4, -0.2) is 66.4 Å².